The number of ether oxygens (including phenoxy) is 2. The minimum atomic E-state index is -0.767. The van der Waals surface area contributed by atoms with Gasteiger partial charge in [0.2, 0.25) is 0 Å². The maximum absolute atomic E-state index is 11.5. The molecule has 0 aromatic rings. The van der Waals surface area contributed by atoms with E-state index in [1.807, 2.05) is 0 Å². The van der Waals surface area contributed by atoms with Crippen molar-refractivity contribution >= 4 is 11.9 Å². The van der Waals surface area contributed by atoms with Crippen LogP contribution in [0.15, 0.2) is 0 Å². The Hall–Kier alpha value is -1.10. The van der Waals surface area contributed by atoms with E-state index < -0.39 is 18.0 Å². The van der Waals surface area contributed by atoms with Gasteiger partial charge in [-0.15, -0.1) is 0 Å². The predicted molar refractivity (Wildman–Crippen MR) is 62.3 cm³/mol. The van der Waals surface area contributed by atoms with Gasteiger partial charge >= 0.3 is 11.9 Å². The van der Waals surface area contributed by atoms with Crippen LogP contribution in [0.5, 0.6) is 0 Å². The van der Waals surface area contributed by atoms with E-state index in [4.69, 9.17) is 9.47 Å². The van der Waals surface area contributed by atoms with Gasteiger partial charge in [0.25, 0.3) is 0 Å². The van der Waals surface area contributed by atoms with Gasteiger partial charge < -0.3 is 14.6 Å². The molecule has 0 bridgehead atoms. The van der Waals surface area contributed by atoms with Gasteiger partial charge in [-0.1, -0.05) is 0 Å². The van der Waals surface area contributed by atoms with Gasteiger partial charge in [-0.3, -0.25) is 9.59 Å². The van der Waals surface area contributed by atoms with Crippen molar-refractivity contribution in [3.63, 3.8) is 0 Å². The van der Waals surface area contributed by atoms with Crippen LogP contribution in [0.1, 0.15) is 40.0 Å². The average Bonchev–Trinajstić information content (AvgIpc) is 2.24. The Morgan fingerprint density at radius 3 is 2.24 bits per heavy atom. The van der Waals surface area contributed by atoms with E-state index in [1.165, 1.54) is 0 Å². The van der Waals surface area contributed by atoms with Crippen LogP contribution in [0, 0.1) is 5.92 Å². The van der Waals surface area contributed by atoms with Crippen LogP contribution >= 0.6 is 0 Å². The highest BCUT2D eigenvalue weighted by molar-refractivity contribution is 5.73. The van der Waals surface area contributed by atoms with Crippen molar-refractivity contribution in [3.8, 4) is 0 Å². The summed E-state index contributed by atoms with van der Waals surface area (Å²) >= 11 is 0. The molecule has 5 heteroatoms. The molecule has 0 spiro atoms. The molecule has 0 amide bonds. The Morgan fingerprint density at radius 1 is 1.18 bits per heavy atom. The molecule has 2 atom stereocenters. The summed E-state index contributed by atoms with van der Waals surface area (Å²) in [6.45, 7) is 5.66. The van der Waals surface area contributed by atoms with Crippen LogP contribution < -0.4 is 0 Å². The Balaban J connectivity index is 4.01. The number of carbonyl (C=O) groups is 2. The van der Waals surface area contributed by atoms with E-state index in [0.717, 1.165) is 0 Å². The molecule has 0 fully saturated rings. The lowest BCUT2D eigenvalue weighted by Gasteiger charge is -2.17. The molecule has 0 aromatic heterocycles. The number of aliphatic hydroxyl groups is 1. The average molecular weight is 246 g/mol. The van der Waals surface area contributed by atoms with Crippen LogP contribution in [0.4, 0.5) is 0 Å². The molecule has 17 heavy (non-hydrogen) atoms. The molecule has 100 valence electrons. The van der Waals surface area contributed by atoms with Crippen LogP contribution in [-0.4, -0.2) is 36.4 Å². The van der Waals surface area contributed by atoms with E-state index in [-0.39, 0.29) is 12.4 Å². The second-order valence-electron chi connectivity index (χ2n) is 3.80. The standard InChI is InChI=1S/C12H22O5/c1-4-16-11(14)8-6-7-10(9(3)13)12(15)17-5-2/h9-10,13H,4-8H2,1-3H3/t9-,10-/m1/s1. The fourth-order valence-corrected chi connectivity index (χ4v) is 1.50. The number of carbonyl (C=O) groups excluding carboxylic acids is 2. The first kappa shape index (κ1) is 15.9. The summed E-state index contributed by atoms with van der Waals surface area (Å²) in [7, 11) is 0. The van der Waals surface area contributed by atoms with Crippen molar-refractivity contribution < 1.29 is 24.2 Å². The fourth-order valence-electron chi connectivity index (χ4n) is 1.50. The van der Waals surface area contributed by atoms with Crippen molar-refractivity contribution in [3.05, 3.63) is 0 Å². The van der Waals surface area contributed by atoms with Gasteiger partial charge in [-0.2, -0.15) is 0 Å². The number of aliphatic hydroxyl groups excluding tert-OH is 1. The third-order valence-electron chi connectivity index (χ3n) is 2.37. The van der Waals surface area contributed by atoms with Crippen molar-refractivity contribution in [2.24, 2.45) is 5.92 Å². The highest BCUT2D eigenvalue weighted by Gasteiger charge is 2.24. The summed E-state index contributed by atoms with van der Waals surface area (Å²) in [4.78, 5) is 22.6. The number of hydrogen-bond acceptors (Lipinski definition) is 5. The van der Waals surface area contributed by atoms with Crippen molar-refractivity contribution in [2.75, 3.05) is 13.2 Å². The Bertz CT molecular complexity index is 237. The van der Waals surface area contributed by atoms with E-state index in [2.05, 4.69) is 0 Å². The number of rotatable bonds is 8. The van der Waals surface area contributed by atoms with Gasteiger partial charge in [-0.25, -0.2) is 0 Å². The molecule has 0 aliphatic rings. The zero-order valence-corrected chi connectivity index (χ0v) is 10.8. The van der Waals surface area contributed by atoms with Crippen LogP contribution in [-0.2, 0) is 19.1 Å². The quantitative estimate of drug-likeness (QED) is 0.653. The van der Waals surface area contributed by atoms with E-state index in [9.17, 15) is 14.7 Å². The number of esters is 2. The molecular weight excluding hydrogens is 224 g/mol. The van der Waals surface area contributed by atoms with Crippen molar-refractivity contribution in [2.45, 2.75) is 46.1 Å². The largest absolute Gasteiger partial charge is 0.466 e. The Labute approximate surface area is 102 Å². The first-order chi connectivity index (χ1) is 8.02. The van der Waals surface area contributed by atoms with E-state index >= 15 is 0 Å². The van der Waals surface area contributed by atoms with Gasteiger partial charge in [0.1, 0.15) is 0 Å². The lowest BCUT2D eigenvalue weighted by molar-refractivity contribution is -0.152. The van der Waals surface area contributed by atoms with Crippen LogP contribution in [0.3, 0.4) is 0 Å². The third-order valence-corrected chi connectivity index (χ3v) is 2.37. The fraction of sp³-hybridized carbons (Fsp3) is 0.833. The lowest BCUT2D eigenvalue weighted by Crippen LogP contribution is -2.28. The maximum Gasteiger partial charge on any atom is 0.311 e. The lowest BCUT2D eigenvalue weighted by atomic mass is 9.97. The first-order valence-corrected chi connectivity index (χ1v) is 6.03. The highest BCUT2D eigenvalue weighted by Crippen LogP contribution is 2.15. The second-order valence-corrected chi connectivity index (χ2v) is 3.80. The van der Waals surface area contributed by atoms with Gasteiger partial charge in [-0.05, 0) is 33.6 Å². The molecule has 0 unspecified atom stereocenters. The molecule has 0 aromatic carbocycles. The van der Waals surface area contributed by atoms with Gasteiger partial charge in [0.05, 0.1) is 25.2 Å². The molecule has 0 saturated carbocycles. The maximum atomic E-state index is 11.5. The van der Waals surface area contributed by atoms with Crippen molar-refractivity contribution in [1.29, 1.82) is 0 Å². The molecular formula is C12H22O5. The smallest absolute Gasteiger partial charge is 0.311 e. The van der Waals surface area contributed by atoms with E-state index in [0.29, 0.717) is 26.1 Å². The SMILES string of the molecule is CCOC(=O)CCC[C@@H](C(=O)OCC)[C@@H](C)O. The molecule has 0 heterocycles. The summed E-state index contributed by atoms with van der Waals surface area (Å²) in [5.74, 6) is -1.25. The molecule has 0 aliphatic heterocycles. The normalized spacial score (nSPS) is 13.9. The van der Waals surface area contributed by atoms with Crippen molar-refractivity contribution in [1.82, 2.24) is 0 Å². The summed E-state index contributed by atoms with van der Waals surface area (Å²) in [6, 6.07) is 0. The summed E-state index contributed by atoms with van der Waals surface area (Å²) in [5, 5.41) is 9.46. The topological polar surface area (TPSA) is 72.8 Å². The number of hydrogen-bond donors (Lipinski definition) is 1. The highest BCUT2D eigenvalue weighted by atomic mass is 16.5. The van der Waals surface area contributed by atoms with Gasteiger partial charge in [0.15, 0.2) is 0 Å². The molecule has 0 rings (SSSR count). The van der Waals surface area contributed by atoms with Crippen LogP contribution in [0.25, 0.3) is 0 Å². The minimum absolute atomic E-state index is 0.260. The summed E-state index contributed by atoms with van der Waals surface area (Å²) in [6.07, 6.45) is 0.426. The van der Waals surface area contributed by atoms with Crippen LogP contribution in [0.2, 0.25) is 0 Å². The molecule has 0 saturated heterocycles. The zero-order chi connectivity index (χ0) is 13.3. The summed E-state index contributed by atoms with van der Waals surface area (Å²) < 4.78 is 9.63. The zero-order valence-electron chi connectivity index (χ0n) is 10.8. The predicted octanol–water partition coefficient (Wildman–Crippen LogP) is 1.28. The molecule has 5 nitrogen and oxygen atoms in total. The summed E-state index contributed by atoms with van der Waals surface area (Å²) in [5.41, 5.74) is 0. The Kier molecular flexibility index (Phi) is 8.40. The molecule has 0 aliphatic carbocycles. The second kappa shape index (κ2) is 8.98. The first-order valence-electron chi connectivity index (χ1n) is 6.03. The Morgan fingerprint density at radius 2 is 1.76 bits per heavy atom. The molecule has 0 radical (unpaired) electrons. The monoisotopic (exact) mass is 246 g/mol. The third kappa shape index (κ3) is 6.94. The minimum Gasteiger partial charge on any atom is -0.466 e. The van der Waals surface area contributed by atoms with E-state index in [1.54, 1.807) is 20.8 Å². The van der Waals surface area contributed by atoms with Gasteiger partial charge in [0, 0.05) is 6.42 Å². The molecule has 1 N–H and O–H groups in total.